The highest BCUT2D eigenvalue weighted by Crippen LogP contribution is 2.39. The van der Waals surface area contributed by atoms with E-state index >= 15 is 0 Å². The zero-order valence-electron chi connectivity index (χ0n) is 17.3. The van der Waals surface area contributed by atoms with Crippen molar-refractivity contribution in [2.24, 2.45) is 0 Å². The fraction of sp³-hybridized carbons (Fsp3) is 0.435. The Hall–Kier alpha value is -2.77. The molecule has 1 saturated carbocycles. The van der Waals surface area contributed by atoms with Crippen LogP contribution in [-0.4, -0.2) is 39.9 Å². The van der Waals surface area contributed by atoms with E-state index in [-0.39, 0.29) is 0 Å². The van der Waals surface area contributed by atoms with Gasteiger partial charge in [0, 0.05) is 30.1 Å². The van der Waals surface area contributed by atoms with Crippen LogP contribution in [0.15, 0.2) is 48.5 Å². The molecule has 7 heteroatoms. The van der Waals surface area contributed by atoms with Crippen molar-refractivity contribution in [2.75, 3.05) is 13.7 Å². The fourth-order valence-corrected chi connectivity index (χ4v) is 4.37. The Morgan fingerprint density at radius 2 is 2.00 bits per heavy atom. The summed E-state index contributed by atoms with van der Waals surface area (Å²) in [5.41, 5.74) is 3.43. The zero-order chi connectivity index (χ0) is 20.3. The Balaban J connectivity index is 1.36. The summed E-state index contributed by atoms with van der Waals surface area (Å²) in [6.07, 6.45) is 4.65. The molecule has 2 N–H and O–H groups in total. The molecule has 2 aromatic carbocycles. The molecule has 0 unspecified atom stereocenters. The minimum absolute atomic E-state index is 0.315. The SMILES string of the molecule is COc1ccc(-n2nnnc2C2CC2)cc1CN[C@@H]1CCCN[C@@H]1c1ccccc1. The summed E-state index contributed by atoms with van der Waals surface area (Å²) in [4.78, 5) is 0. The van der Waals surface area contributed by atoms with Crippen LogP contribution in [0.4, 0.5) is 0 Å². The van der Waals surface area contributed by atoms with Crippen LogP contribution >= 0.6 is 0 Å². The molecule has 0 bridgehead atoms. The molecule has 0 radical (unpaired) electrons. The van der Waals surface area contributed by atoms with Crippen LogP contribution in [0.1, 0.15) is 54.6 Å². The van der Waals surface area contributed by atoms with Crippen molar-refractivity contribution in [3.63, 3.8) is 0 Å². The van der Waals surface area contributed by atoms with Gasteiger partial charge in [0.2, 0.25) is 0 Å². The maximum Gasteiger partial charge on any atom is 0.159 e. The Morgan fingerprint density at radius 3 is 2.80 bits per heavy atom. The van der Waals surface area contributed by atoms with Gasteiger partial charge in [0.1, 0.15) is 5.75 Å². The number of ether oxygens (including phenoxy) is 1. The highest BCUT2D eigenvalue weighted by Gasteiger charge is 2.30. The average molecular weight is 405 g/mol. The van der Waals surface area contributed by atoms with Gasteiger partial charge in [0.05, 0.1) is 12.8 Å². The van der Waals surface area contributed by atoms with Gasteiger partial charge in [-0.3, -0.25) is 0 Å². The summed E-state index contributed by atoms with van der Waals surface area (Å²) in [5.74, 6) is 2.33. The summed E-state index contributed by atoms with van der Waals surface area (Å²) >= 11 is 0. The van der Waals surface area contributed by atoms with Gasteiger partial charge in [0.25, 0.3) is 0 Å². The Labute approximate surface area is 176 Å². The van der Waals surface area contributed by atoms with Gasteiger partial charge in [-0.1, -0.05) is 30.3 Å². The molecule has 30 heavy (non-hydrogen) atoms. The van der Waals surface area contributed by atoms with Crippen molar-refractivity contribution in [2.45, 2.75) is 50.2 Å². The lowest BCUT2D eigenvalue weighted by Gasteiger charge is -2.34. The molecule has 156 valence electrons. The maximum absolute atomic E-state index is 5.64. The molecule has 2 fully saturated rings. The number of piperidine rings is 1. The fourth-order valence-electron chi connectivity index (χ4n) is 4.37. The first-order chi connectivity index (χ1) is 14.8. The number of methoxy groups -OCH3 is 1. The van der Waals surface area contributed by atoms with Crippen molar-refractivity contribution in [3.05, 3.63) is 65.5 Å². The van der Waals surface area contributed by atoms with Crippen LogP contribution in [0.2, 0.25) is 0 Å². The standard InChI is InChI=1S/C23H28N6O/c1-30-21-12-11-19(29-23(17-9-10-17)26-27-28-29)14-18(21)15-25-20-8-5-13-24-22(20)16-6-3-2-4-7-16/h2-4,6-7,11-12,14,17,20,22,24-25H,5,8-10,13,15H2,1H3/t20-,22-/m1/s1. The van der Waals surface area contributed by atoms with Gasteiger partial charge >= 0.3 is 0 Å². The number of tetrazole rings is 1. The predicted octanol–water partition coefficient (Wildman–Crippen LogP) is 3.13. The van der Waals surface area contributed by atoms with E-state index in [2.05, 4.69) is 62.6 Å². The first kappa shape index (κ1) is 19.2. The second-order valence-corrected chi connectivity index (χ2v) is 8.19. The van der Waals surface area contributed by atoms with Crippen LogP contribution < -0.4 is 15.4 Å². The topological polar surface area (TPSA) is 76.9 Å². The smallest absolute Gasteiger partial charge is 0.159 e. The molecule has 2 aliphatic rings. The molecule has 0 amide bonds. The van der Waals surface area contributed by atoms with Crippen LogP contribution in [0.5, 0.6) is 5.75 Å². The van der Waals surface area contributed by atoms with Crippen LogP contribution in [-0.2, 0) is 6.54 Å². The minimum atomic E-state index is 0.315. The van der Waals surface area contributed by atoms with Crippen molar-refractivity contribution < 1.29 is 4.74 Å². The molecule has 2 atom stereocenters. The van der Waals surface area contributed by atoms with Gasteiger partial charge in [-0.2, -0.15) is 4.68 Å². The molecular weight excluding hydrogens is 376 g/mol. The van der Waals surface area contributed by atoms with E-state index < -0.39 is 0 Å². The highest BCUT2D eigenvalue weighted by atomic mass is 16.5. The number of nitrogens with zero attached hydrogens (tertiary/aromatic N) is 4. The zero-order valence-corrected chi connectivity index (χ0v) is 17.3. The molecule has 1 saturated heterocycles. The molecule has 0 spiro atoms. The van der Waals surface area contributed by atoms with Crippen LogP contribution in [0, 0.1) is 0 Å². The van der Waals surface area contributed by atoms with Crippen LogP contribution in [0.25, 0.3) is 5.69 Å². The first-order valence-corrected chi connectivity index (χ1v) is 10.8. The number of aromatic nitrogens is 4. The number of hydrogen-bond donors (Lipinski definition) is 2. The maximum atomic E-state index is 5.64. The lowest BCUT2D eigenvalue weighted by atomic mass is 9.92. The van der Waals surface area contributed by atoms with E-state index in [0.717, 1.165) is 42.3 Å². The lowest BCUT2D eigenvalue weighted by Crippen LogP contribution is -2.45. The molecule has 1 aliphatic carbocycles. The largest absolute Gasteiger partial charge is 0.496 e. The third kappa shape index (κ3) is 3.95. The predicted molar refractivity (Wildman–Crippen MR) is 115 cm³/mol. The summed E-state index contributed by atoms with van der Waals surface area (Å²) in [7, 11) is 1.72. The number of nitrogens with one attached hydrogen (secondary N) is 2. The highest BCUT2D eigenvalue weighted by molar-refractivity contribution is 5.44. The van der Waals surface area contributed by atoms with E-state index in [1.165, 1.54) is 24.8 Å². The summed E-state index contributed by atoms with van der Waals surface area (Å²) in [6.45, 7) is 1.79. The van der Waals surface area contributed by atoms with E-state index in [1.807, 2.05) is 16.8 Å². The van der Waals surface area contributed by atoms with E-state index in [4.69, 9.17) is 4.74 Å². The van der Waals surface area contributed by atoms with Crippen molar-refractivity contribution in [3.8, 4) is 11.4 Å². The number of benzene rings is 2. The Kier molecular flexibility index (Phi) is 5.46. The minimum Gasteiger partial charge on any atom is -0.496 e. The van der Waals surface area contributed by atoms with Gasteiger partial charge in [-0.25, -0.2) is 0 Å². The molecular formula is C23H28N6O. The van der Waals surface area contributed by atoms with Crippen molar-refractivity contribution >= 4 is 0 Å². The third-order valence-corrected chi connectivity index (χ3v) is 6.12. The molecule has 3 aromatic rings. The van der Waals surface area contributed by atoms with Gasteiger partial charge < -0.3 is 15.4 Å². The molecule has 2 heterocycles. The normalized spacial score (nSPS) is 21.5. The third-order valence-electron chi connectivity index (χ3n) is 6.12. The Morgan fingerprint density at radius 1 is 1.13 bits per heavy atom. The number of rotatable bonds is 7. The Bertz CT molecular complexity index is 984. The second-order valence-electron chi connectivity index (χ2n) is 8.19. The van der Waals surface area contributed by atoms with Crippen LogP contribution in [0.3, 0.4) is 0 Å². The monoisotopic (exact) mass is 404 g/mol. The quantitative estimate of drug-likeness (QED) is 0.630. The summed E-state index contributed by atoms with van der Waals surface area (Å²) in [5, 5.41) is 19.8. The van der Waals surface area contributed by atoms with Crippen molar-refractivity contribution in [1.82, 2.24) is 30.8 Å². The average Bonchev–Trinajstić information content (AvgIpc) is 3.54. The van der Waals surface area contributed by atoms with Crippen molar-refractivity contribution in [1.29, 1.82) is 0 Å². The molecule has 1 aliphatic heterocycles. The number of hydrogen-bond acceptors (Lipinski definition) is 6. The van der Waals surface area contributed by atoms with Gasteiger partial charge in [-0.15, -0.1) is 5.10 Å². The summed E-state index contributed by atoms with van der Waals surface area (Å²) < 4.78 is 7.51. The molecule has 1 aromatic heterocycles. The summed E-state index contributed by atoms with van der Waals surface area (Å²) in [6, 6.07) is 17.6. The lowest BCUT2D eigenvalue weighted by molar-refractivity contribution is 0.303. The molecule has 5 rings (SSSR count). The van der Waals surface area contributed by atoms with Gasteiger partial charge in [-0.05, 0) is 66.4 Å². The van der Waals surface area contributed by atoms with E-state index in [0.29, 0.717) is 18.0 Å². The molecule has 7 nitrogen and oxygen atoms in total. The second kappa shape index (κ2) is 8.53. The van der Waals surface area contributed by atoms with Gasteiger partial charge in [0.15, 0.2) is 5.82 Å². The first-order valence-electron chi connectivity index (χ1n) is 10.8. The van der Waals surface area contributed by atoms with E-state index in [1.54, 1.807) is 7.11 Å². The van der Waals surface area contributed by atoms with E-state index in [9.17, 15) is 0 Å².